The molecular weight excluding hydrogens is 226 g/mol. The van der Waals surface area contributed by atoms with Gasteiger partial charge in [-0.1, -0.05) is 16.8 Å². The highest BCUT2D eigenvalue weighted by molar-refractivity contribution is 6.31. The van der Waals surface area contributed by atoms with E-state index in [0.717, 1.165) is 22.0 Å². The Morgan fingerprint density at radius 1 is 1.31 bits per heavy atom. The predicted molar refractivity (Wildman–Crippen MR) is 61.8 cm³/mol. The van der Waals surface area contributed by atoms with Gasteiger partial charge in [0, 0.05) is 11.1 Å². The molecule has 4 heteroatoms. The Morgan fingerprint density at radius 3 is 2.75 bits per heavy atom. The van der Waals surface area contributed by atoms with Crippen LogP contribution in [0.15, 0.2) is 28.8 Å². The largest absolute Gasteiger partial charge is 0.486 e. The van der Waals surface area contributed by atoms with Gasteiger partial charge >= 0.3 is 0 Å². The van der Waals surface area contributed by atoms with Crippen LogP contribution < -0.4 is 4.74 Å². The van der Waals surface area contributed by atoms with Crippen molar-refractivity contribution in [1.29, 1.82) is 0 Å². The molecule has 3 nitrogen and oxygen atoms in total. The van der Waals surface area contributed by atoms with Crippen molar-refractivity contribution in [2.75, 3.05) is 0 Å². The molecule has 0 aliphatic heterocycles. The number of benzene rings is 1. The van der Waals surface area contributed by atoms with E-state index in [-0.39, 0.29) is 0 Å². The maximum Gasteiger partial charge on any atom is 0.174 e. The van der Waals surface area contributed by atoms with Crippen LogP contribution in [0.1, 0.15) is 17.0 Å². The van der Waals surface area contributed by atoms with Gasteiger partial charge in [0.1, 0.15) is 12.4 Å². The van der Waals surface area contributed by atoms with Gasteiger partial charge in [-0.25, -0.2) is 0 Å². The van der Waals surface area contributed by atoms with E-state index in [1.54, 1.807) is 0 Å². The number of halogens is 1. The summed E-state index contributed by atoms with van der Waals surface area (Å²) in [4.78, 5) is 0. The predicted octanol–water partition coefficient (Wildman–Crippen LogP) is 3.52. The summed E-state index contributed by atoms with van der Waals surface area (Å²) in [6, 6.07) is 7.39. The van der Waals surface area contributed by atoms with Gasteiger partial charge in [-0.3, -0.25) is 0 Å². The van der Waals surface area contributed by atoms with Crippen LogP contribution in [0.2, 0.25) is 5.02 Å². The smallest absolute Gasteiger partial charge is 0.174 e. The molecule has 0 aliphatic rings. The lowest BCUT2D eigenvalue weighted by Crippen LogP contribution is -1.94. The molecular formula is C12H12ClNO2. The quantitative estimate of drug-likeness (QED) is 0.819. The first-order valence-electron chi connectivity index (χ1n) is 4.96. The molecule has 1 heterocycles. The number of aromatic nitrogens is 1. The second-order valence-corrected chi connectivity index (χ2v) is 4.04. The van der Waals surface area contributed by atoms with E-state index in [9.17, 15) is 0 Å². The number of rotatable bonds is 3. The lowest BCUT2D eigenvalue weighted by atomic mass is 10.2. The second kappa shape index (κ2) is 4.58. The summed E-state index contributed by atoms with van der Waals surface area (Å²) < 4.78 is 10.6. The molecule has 0 unspecified atom stereocenters. The Bertz CT molecular complexity index is 494. The van der Waals surface area contributed by atoms with Crippen molar-refractivity contribution in [3.8, 4) is 5.75 Å². The van der Waals surface area contributed by atoms with Crippen molar-refractivity contribution in [2.24, 2.45) is 0 Å². The van der Waals surface area contributed by atoms with Gasteiger partial charge in [0.15, 0.2) is 5.76 Å². The molecule has 1 aromatic carbocycles. The molecule has 0 saturated heterocycles. The number of ether oxygens (including phenoxy) is 1. The molecule has 0 radical (unpaired) electrons. The average Bonchev–Trinajstić information content (AvgIpc) is 2.66. The standard InChI is InChI=1S/C12H12ClNO2/c1-8-5-10(3-4-12(8)13)15-7-11-6-9(2)14-16-11/h3-6H,7H2,1-2H3. The van der Waals surface area contributed by atoms with Crippen molar-refractivity contribution >= 4 is 11.6 Å². The van der Waals surface area contributed by atoms with Crippen molar-refractivity contribution in [1.82, 2.24) is 5.16 Å². The van der Waals surface area contributed by atoms with E-state index < -0.39 is 0 Å². The van der Waals surface area contributed by atoms with E-state index >= 15 is 0 Å². The Balaban J connectivity index is 2.02. The molecule has 2 rings (SSSR count). The molecule has 16 heavy (non-hydrogen) atoms. The highest BCUT2D eigenvalue weighted by Gasteiger charge is 2.03. The minimum Gasteiger partial charge on any atom is -0.486 e. The van der Waals surface area contributed by atoms with Gasteiger partial charge in [0.25, 0.3) is 0 Å². The van der Waals surface area contributed by atoms with E-state index in [2.05, 4.69) is 5.16 Å². The summed E-state index contributed by atoms with van der Waals surface area (Å²) >= 11 is 5.92. The van der Waals surface area contributed by atoms with Crippen molar-refractivity contribution in [3.05, 3.63) is 46.3 Å². The maximum atomic E-state index is 5.92. The van der Waals surface area contributed by atoms with Crippen molar-refractivity contribution in [2.45, 2.75) is 20.5 Å². The highest BCUT2D eigenvalue weighted by Crippen LogP contribution is 2.21. The summed E-state index contributed by atoms with van der Waals surface area (Å²) in [5.41, 5.74) is 1.85. The van der Waals surface area contributed by atoms with Crippen LogP contribution in [0.25, 0.3) is 0 Å². The number of hydrogen-bond acceptors (Lipinski definition) is 3. The Labute approximate surface area is 99.0 Å². The maximum absolute atomic E-state index is 5.92. The first kappa shape index (κ1) is 11.0. The van der Waals surface area contributed by atoms with E-state index in [4.69, 9.17) is 20.9 Å². The topological polar surface area (TPSA) is 35.3 Å². The Kier molecular flexibility index (Phi) is 3.15. The van der Waals surface area contributed by atoms with Gasteiger partial charge in [0.2, 0.25) is 0 Å². The summed E-state index contributed by atoms with van der Waals surface area (Å²) in [7, 11) is 0. The molecule has 2 aromatic rings. The molecule has 0 spiro atoms. The number of hydrogen-bond donors (Lipinski definition) is 0. The van der Waals surface area contributed by atoms with Crippen LogP contribution in [0, 0.1) is 13.8 Å². The third kappa shape index (κ3) is 2.55. The van der Waals surface area contributed by atoms with Crippen LogP contribution in [0.5, 0.6) is 5.75 Å². The number of nitrogens with zero attached hydrogens (tertiary/aromatic N) is 1. The van der Waals surface area contributed by atoms with E-state index in [1.807, 2.05) is 38.1 Å². The second-order valence-electron chi connectivity index (χ2n) is 3.63. The molecule has 0 atom stereocenters. The fraction of sp³-hybridized carbons (Fsp3) is 0.250. The molecule has 84 valence electrons. The summed E-state index contributed by atoms with van der Waals surface area (Å²) in [5, 5.41) is 4.52. The van der Waals surface area contributed by atoms with E-state index in [1.165, 1.54) is 0 Å². The summed E-state index contributed by atoms with van der Waals surface area (Å²) in [5.74, 6) is 1.49. The van der Waals surface area contributed by atoms with Crippen LogP contribution in [-0.2, 0) is 6.61 Å². The molecule has 0 amide bonds. The summed E-state index contributed by atoms with van der Waals surface area (Å²) in [6.45, 7) is 4.19. The fourth-order valence-electron chi connectivity index (χ4n) is 1.35. The minimum atomic E-state index is 0.377. The van der Waals surface area contributed by atoms with Crippen LogP contribution >= 0.6 is 11.6 Å². The molecule has 1 aromatic heterocycles. The Hall–Kier alpha value is -1.48. The summed E-state index contributed by atoms with van der Waals surface area (Å²) in [6.07, 6.45) is 0. The molecule has 0 fully saturated rings. The van der Waals surface area contributed by atoms with E-state index in [0.29, 0.717) is 12.4 Å². The van der Waals surface area contributed by atoms with Crippen molar-refractivity contribution in [3.63, 3.8) is 0 Å². The average molecular weight is 238 g/mol. The third-order valence-corrected chi connectivity index (χ3v) is 2.61. The van der Waals surface area contributed by atoms with Gasteiger partial charge in [-0.05, 0) is 37.6 Å². The zero-order chi connectivity index (χ0) is 11.5. The first-order chi connectivity index (χ1) is 7.65. The monoisotopic (exact) mass is 237 g/mol. The van der Waals surface area contributed by atoms with Gasteiger partial charge < -0.3 is 9.26 Å². The highest BCUT2D eigenvalue weighted by atomic mass is 35.5. The molecule has 0 N–H and O–H groups in total. The zero-order valence-corrected chi connectivity index (χ0v) is 9.91. The molecule has 0 bridgehead atoms. The molecule has 0 saturated carbocycles. The van der Waals surface area contributed by atoms with Crippen LogP contribution in [-0.4, -0.2) is 5.16 Å². The van der Waals surface area contributed by atoms with Crippen LogP contribution in [0.3, 0.4) is 0 Å². The lowest BCUT2D eigenvalue weighted by Gasteiger charge is -2.05. The minimum absolute atomic E-state index is 0.377. The normalized spacial score (nSPS) is 10.4. The SMILES string of the molecule is Cc1cc(COc2ccc(Cl)c(C)c2)on1. The zero-order valence-electron chi connectivity index (χ0n) is 9.16. The Morgan fingerprint density at radius 2 is 2.12 bits per heavy atom. The van der Waals surface area contributed by atoms with Crippen LogP contribution in [0.4, 0.5) is 0 Å². The van der Waals surface area contributed by atoms with Gasteiger partial charge in [-0.15, -0.1) is 0 Å². The number of aryl methyl sites for hydroxylation is 2. The van der Waals surface area contributed by atoms with Gasteiger partial charge in [-0.2, -0.15) is 0 Å². The third-order valence-electron chi connectivity index (χ3n) is 2.19. The molecule has 0 aliphatic carbocycles. The fourth-order valence-corrected chi connectivity index (χ4v) is 1.46. The van der Waals surface area contributed by atoms with Crippen molar-refractivity contribution < 1.29 is 9.26 Å². The first-order valence-corrected chi connectivity index (χ1v) is 5.34. The van der Waals surface area contributed by atoms with Gasteiger partial charge in [0.05, 0.1) is 5.69 Å². The lowest BCUT2D eigenvalue weighted by molar-refractivity contribution is 0.248.